The van der Waals surface area contributed by atoms with Gasteiger partial charge in [-0.2, -0.15) is 11.8 Å². The van der Waals surface area contributed by atoms with E-state index in [2.05, 4.69) is 0 Å². The summed E-state index contributed by atoms with van der Waals surface area (Å²) in [5.74, 6) is -0.180. The average molecular weight is 279 g/mol. The second-order valence-electron chi connectivity index (χ2n) is 4.62. The van der Waals surface area contributed by atoms with Crippen LogP contribution in [0.5, 0.6) is 0 Å². The van der Waals surface area contributed by atoms with Gasteiger partial charge in [0.05, 0.1) is 0 Å². The molecule has 1 saturated heterocycles. The van der Waals surface area contributed by atoms with E-state index in [1.165, 1.54) is 10.5 Å². The maximum Gasteiger partial charge on any atom is 0.326 e. The summed E-state index contributed by atoms with van der Waals surface area (Å²) in [6.45, 7) is 0.530. The fourth-order valence-corrected chi connectivity index (χ4v) is 2.87. The van der Waals surface area contributed by atoms with Crippen LogP contribution in [0.4, 0.5) is 0 Å². The molecule has 1 aliphatic rings. The fourth-order valence-electron chi connectivity index (χ4n) is 2.34. The van der Waals surface area contributed by atoms with Crippen LogP contribution >= 0.6 is 11.8 Å². The molecular formula is C14H17NO3S. The summed E-state index contributed by atoms with van der Waals surface area (Å²) in [7, 11) is 0. The number of aliphatic carboxylic acids is 1. The average Bonchev–Trinajstić information content (AvgIpc) is 2.88. The SMILES string of the molecule is CSCc1ccc(C(=O)N2CCC[C@H]2C(=O)O)cc1. The number of carbonyl (C=O) groups excluding carboxylic acids is 1. The lowest BCUT2D eigenvalue weighted by molar-refractivity contribution is -0.141. The van der Waals surface area contributed by atoms with Crippen molar-refractivity contribution in [3.05, 3.63) is 35.4 Å². The third kappa shape index (κ3) is 3.10. The molecule has 0 saturated carbocycles. The van der Waals surface area contributed by atoms with Crippen LogP contribution in [0.3, 0.4) is 0 Å². The summed E-state index contributed by atoms with van der Waals surface area (Å²) >= 11 is 1.73. The number of carbonyl (C=O) groups is 2. The zero-order chi connectivity index (χ0) is 13.8. The van der Waals surface area contributed by atoms with Gasteiger partial charge in [0.2, 0.25) is 0 Å². The van der Waals surface area contributed by atoms with Gasteiger partial charge in [-0.25, -0.2) is 4.79 Å². The van der Waals surface area contributed by atoms with Crippen molar-refractivity contribution in [2.24, 2.45) is 0 Å². The summed E-state index contributed by atoms with van der Waals surface area (Å²) in [4.78, 5) is 24.8. The Bertz CT molecular complexity index is 472. The lowest BCUT2D eigenvalue weighted by Crippen LogP contribution is -2.40. The summed E-state index contributed by atoms with van der Waals surface area (Å²) in [5.41, 5.74) is 1.73. The number of hydrogen-bond acceptors (Lipinski definition) is 3. The minimum absolute atomic E-state index is 0.180. The van der Waals surface area contributed by atoms with E-state index in [4.69, 9.17) is 5.11 Å². The van der Waals surface area contributed by atoms with Gasteiger partial charge < -0.3 is 10.0 Å². The number of hydrogen-bond donors (Lipinski definition) is 1. The lowest BCUT2D eigenvalue weighted by Gasteiger charge is -2.21. The van der Waals surface area contributed by atoms with Gasteiger partial charge in [-0.15, -0.1) is 0 Å². The molecule has 1 atom stereocenters. The Hall–Kier alpha value is -1.49. The first-order valence-electron chi connectivity index (χ1n) is 6.25. The molecular weight excluding hydrogens is 262 g/mol. The van der Waals surface area contributed by atoms with Crippen LogP contribution in [0.25, 0.3) is 0 Å². The minimum atomic E-state index is -0.912. The number of carboxylic acid groups (broad SMARTS) is 1. The molecule has 4 nitrogen and oxygen atoms in total. The monoisotopic (exact) mass is 279 g/mol. The molecule has 0 aromatic heterocycles. The third-order valence-electron chi connectivity index (χ3n) is 3.31. The van der Waals surface area contributed by atoms with E-state index in [0.29, 0.717) is 18.5 Å². The molecule has 2 rings (SSSR count). The van der Waals surface area contributed by atoms with Crippen molar-refractivity contribution >= 4 is 23.6 Å². The summed E-state index contributed by atoms with van der Waals surface area (Å²) in [6.07, 6.45) is 3.33. The van der Waals surface area contributed by atoms with Gasteiger partial charge >= 0.3 is 5.97 Å². The molecule has 1 N–H and O–H groups in total. The second-order valence-corrected chi connectivity index (χ2v) is 5.49. The largest absolute Gasteiger partial charge is 0.480 e. The van der Waals surface area contributed by atoms with Gasteiger partial charge in [0.1, 0.15) is 6.04 Å². The Labute approximate surface area is 116 Å². The highest BCUT2D eigenvalue weighted by atomic mass is 32.2. The van der Waals surface area contributed by atoms with Gasteiger partial charge in [-0.3, -0.25) is 4.79 Å². The number of nitrogens with zero attached hydrogens (tertiary/aromatic N) is 1. The smallest absolute Gasteiger partial charge is 0.326 e. The molecule has 1 aromatic rings. The van der Waals surface area contributed by atoms with E-state index < -0.39 is 12.0 Å². The molecule has 5 heteroatoms. The number of likely N-dealkylation sites (tertiary alicyclic amines) is 1. The predicted octanol–water partition coefficient (Wildman–Crippen LogP) is 2.24. The van der Waals surface area contributed by atoms with E-state index >= 15 is 0 Å². The molecule has 0 unspecified atom stereocenters. The number of amides is 1. The van der Waals surface area contributed by atoms with Gasteiger partial charge in [-0.05, 0) is 36.8 Å². The van der Waals surface area contributed by atoms with E-state index in [1.54, 1.807) is 23.9 Å². The second kappa shape index (κ2) is 6.10. The first-order chi connectivity index (χ1) is 9.13. The predicted molar refractivity (Wildman–Crippen MR) is 75.4 cm³/mol. The Morgan fingerprint density at radius 3 is 2.63 bits per heavy atom. The molecule has 0 spiro atoms. The highest BCUT2D eigenvalue weighted by Gasteiger charge is 2.34. The number of benzene rings is 1. The maximum atomic E-state index is 12.3. The van der Waals surface area contributed by atoms with Crippen LogP contribution in [0.1, 0.15) is 28.8 Å². The Balaban J connectivity index is 2.12. The first-order valence-corrected chi connectivity index (χ1v) is 7.64. The molecule has 0 aliphatic carbocycles. The zero-order valence-electron chi connectivity index (χ0n) is 10.8. The first kappa shape index (κ1) is 13.9. The quantitative estimate of drug-likeness (QED) is 0.918. The number of carboxylic acids is 1. The van der Waals surface area contributed by atoms with Crippen molar-refractivity contribution in [3.63, 3.8) is 0 Å². The van der Waals surface area contributed by atoms with E-state index in [9.17, 15) is 9.59 Å². The molecule has 0 radical (unpaired) electrons. The molecule has 19 heavy (non-hydrogen) atoms. The Morgan fingerprint density at radius 2 is 2.05 bits per heavy atom. The molecule has 1 aromatic carbocycles. The van der Waals surface area contributed by atoms with Crippen molar-refractivity contribution < 1.29 is 14.7 Å². The Morgan fingerprint density at radius 1 is 1.37 bits per heavy atom. The van der Waals surface area contributed by atoms with E-state index in [-0.39, 0.29) is 5.91 Å². The zero-order valence-corrected chi connectivity index (χ0v) is 11.7. The molecule has 1 aliphatic heterocycles. The lowest BCUT2D eigenvalue weighted by atomic mass is 10.1. The molecule has 1 heterocycles. The van der Waals surface area contributed by atoms with Crippen LogP contribution in [-0.2, 0) is 10.5 Å². The van der Waals surface area contributed by atoms with Gasteiger partial charge in [0, 0.05) is 17.9 Å². The maximum absolute atomic E-state index is 12.3. The highest BCUT2D eigenvalue weighted by molar-refractivity contribution is 7.97. The highest BCUT2D eigenvalue weighted by Crippen LogP contribution is 2.21. The summed E-state index contributed by atoms with van der Waals surface area (Å²) in [5, 5.41) is 9.10. The van der Waals surface area contributed by atoms with Crippen LogP contribution in [-0.4, -0.2) is 40.7 Å². The van der Waals surface area contributed by atoms with Gasteiger partial charge in [0.25, 0.3) is 5.91 Å². The van der Waals surface area contributed by atoms with Gasteiger partial charge in [-0.1, -0.05) is 12.1 Å². The standard InChI is InChI=1S/C14H17NO3S/c1-19-9-10-4-6-11(7-5-10)13(16)15-8-2-3-12(15)14(17)18/h4-7,12H,2-3,8-9H2,1H3,(H,17,18)/t12-/m0/s1. The van der Waals surface area contributed by atoms with Crippen LogP contribution in [0.15, 0.2) is 24.3 Å². The normalized spacial score (nSPS) is 18.6. The van der Waals surface area contributed by atoms with Crippen molar-refractivity contribution in [2.75, 3.05) is 12.8 Å². The third-order valence-corrected chi connectivity index (χ3v) is 3.93. The topological polar surface area (TPSA) is 57.6 Å². The van der Waals surface area contributed by atoms with Crippen LogP contribution in [0, 0.1) is 0 Å². The van der Waals surface area contributed by atoms with Gasteiger partial charge in [0.15, 0.2) is 0 Å². The van der Waals surface area contributed by atoms with Crippen LogP contribution < -0.4 is 0 Å². The Kier molecular flexibility index (Phi) is 4.47. The van der Waals surface area contributed by atoms with Crippen molar-refractivity contribution in [1.29, 1.82) is 0 Å². The van der Waals surface area contributed by atoms with E-state index in [0.717, 1.165) is 12.2 Å². The molecule has 102 valence electrons. The van der Waals surface area contributed by atoms with Crippen molar-refractivity contribution in [2.45, 2.75) is 24.6 Å². The minimum Gasteiger partial charge on any atom is -0.480 e. The molecule has 0 bridgehead atoms. The van der Waals surface area contributed by atoms with Crippen molar-refractivity contribution in [1.82, 2.24) is 4.90 Å². The van der Waals surface area contributed by atoms with E-state index in [1.807, 2.05) is 18.4 Å². The fraction of sp³-hybridized carbons (Fsp3) is 0.429. The van der Waals surface area contributed by atoms with Crippen molar-refractivity contribution in [3.8, 4) is 0 Å². The number of thioether (sulfide) groups is 1. The number of rotatable bonds is 4. The summed E-state index contributed by atoms with van der Waals surface area (Å²) in [6, 6.07) is 6.75. The molecule has 1 amide bonds. The molecule has 1 fully saturated rings. The van der Waals surface area contributed by atoms with Crippen LogP contribution in [0.2, 0.25) is 0 Å². The summed E-state index contributed by atoms with van der Waals surface area (Å²) < 4.78 is 0.